The highest BCUT2D eigenvalue weighted by atomic mass is 19.1. The molecule has 0 aliphatic rings. The molecule has 0 fully saturated rings. The number of nitrogens with zero attached hydrogens (tertiary/aromatic N) is 2. The molecular weight excluding hydrogens is 339 g/mol. The molecule has 142 valence electrons. The second-order valence-electron chi connectivity index (χ2n) is 7.09. The molecule has 0 aliphatic carbocycles. The fraction of sp³-hybridized carbons (Fsp3) is 0.348. The van der Waals surface area contributed by atoms with E-state index < -0.39 is 6.67 Å². The summed E-state index contributed by atoms with van der Waals surface area (Å²) in [5, 5.41) is 1.08. The summed E-state index contributed by atoms with van der Waals surface area (Å²) in [5.41, 5.74) is 6.62. The fourth-order valence-corrected chi connectivity index (χ4v) is 3.55. The number of hydrogen-bond donors (Lipinski definition) is 0. The highest BCUT2D eigenvalue weighted by Crippen LogP contribution is 2.27. The first-order valence-corrected chi connectivity index (χ1v) is 9.46. The van der Waals surface area contributed by atoms with Gasteiger partial charge in [0.2, 0.25) is 0 Å². The van der Waals surface area contributed by atoms with Gasteiger partial charge < -0.3 is 9.47 Å². The van der Waals surface area contributed by atoms with Crippen LogP contribution in [0.1, 0.15) is 39.7 Å². The predicted octanol–water partition coefficient (Wildman–Crippen LogP) is 5.05. The maximum Gasteiger partial charge on any atom is 0.253 e. The van der Waals surface area contributed by atoms with E-state index in [9.17, 15) is 9.18 Å². The number of aromatic nitrogens is 1. The summed E-state index contributed by atoms with van der Waals surface area (Å²) < 4.78 is 15.0. The summed E-state index contributed by atoms with van der Waals surface area (Å²) in [6.45, 7) is 9.10. The van der Waals surface area contributed by atoms with E-state index in [4.69, 9.17) is 0 Å². The number of fused-ring (bicyclic) bond motifs is 1. The lowest BCUT2D eigenvalue weighted by Crippen LogP contribution is -2.32. The number of rotatable bonds is 6. The van der Waals surface area contributed by atoms with Crippen molar-refractivity contribution in [2.75, 3.05) is 19.8 Å². The van der Waals surface area contributed by atoms with Crippen molar-refractivity contribution in [1.82, 2.24) is 9.47 Å². The van der Waals surface area contributed by atoms with Crippen molar-refractivity contribution in [3.05, 3.63) is 70.4 Å². The van der Waals surface area contributed by atoms with Gasteiger partial charge in [-0.1, -0.05) is 29.8 Å². The van der Waals surface area contributed by atoms with Crippen LogP contribution in [-0.2, 0) is 6.54 Å². The van der Waals surface area contributed by atoms with Gasteiger partial charge in [-0.15, -0.1) is 0 Å². The third kappa shape index (κ3) is 3.75. The molecule has 0 saturated heterocycles. The standard InChI is InChI=1S/C23H27FN2O/c1-5-25(13-12-24)23(27)20-10-11-22-21(14-20)17(3)18(4)26(22)15-19-8-6-16(2)7-9-19/h6-11,14H,5,12-13,15H2,1-4H3. The maximum atomic E-state index is 12.7. The average Bonchev–Trinajstić information content (AvgIpc) is 2.91. The van der Waals surface area contributed by atoms with E-state index in [0.29, 0.717) is 12.1 Å². The zero-order chi connectivity index (χ0) is 19.6. The number of hydrogen-bond acceptors (Lipinski definition) is 1. The van der Waals surface area contributed by atoms with Crippen LogP contribution in [0.4, 0.5) is 4.39 Å². The maximum absolute atomic E-state index is 12.7. The van der Waals surface area contributed by atoms with Gasteiger partial charge in [0.05, 0.1) is 0 Å². The molecule has 3 rings (SSSR count). The van der Waals surface area contributed by atoms with E-state index in [2.05, 4.69) is 49.6 Å². The minimum absolute atomic E-state index is 0.111. The molecule has 3 nitrogen and oxygen atoms in total. The van der Waals surface area contributed by atoms with E-state index in [1.165, 1.54) is 22.4 Å². The van der Waals surface area contributed by atoms with Gasteiger partial charge in [0.1, 0.15) is 6.67 Å². The van der Waals surface area contributed by atoms with Crippen LogP contribution in [0.5, 0.6) is 0 Å². The Bertz CT molecular complexity index is 957. The summed E-state index contributed by atoms with van der Waals surface area (Å²) in [7, 11) is 0. The highest BCUT2D eigenvalue weighted by molar-refractivity contribution is 5.99. The summed E-state index contributed by atoms with van der Waals surface area (Å²) >= 11 is 0. The summed E-state index contributed by atoms with van der Waals surface area (Å²) in [6.07, 6.45) is 0. The molecule has 1 heterocycles. The zero-order valence-electron chi connectivity index (χ0n) is 16.6. The Morgan fingerprint density at radius 2 is 1.78 bits per heavy atom. The molecule has 0 unspecified atom stereocenters. The first kappa shape index (κ1) is 19.2. The zero-order valence-corrected chi connectivity index (χ0v) is 16.6. The van der Waals surface area contributed by atoms with Gasteiger partial charge >= 0.3 is 0 Å². The number of aryl methyl sites for hydroxylation is 2. The molecule has 0 bridgehead atoms. The molecule has 4 heteroatoms. The molecule has 0 N–H and O–H groups in total. The largest absolute Gasteiger partial charge is 0.340 e. The van der Waals surface area contributed by atoms with Crippen LogP contribution in [0, 0.1) is 20.8 Å². The van der Waals surface area contributed by atoms with Crippen LogP contribution in [-0.4, -0.2) is 35.1 Å². The van der Waals surface area contributed by atoms with Crippen LogP contribution in [0.25, 0.3) is 10.9 Å². The van der Waals surface area contributed by atoms with E-state index in [-0.39, 0.29) is 12.5 Å². The van der Waals surface area contributed by atoms with Gasteiger partial charge in [-0.2, -0.15) is 0 Å². The lowest BCUT2D eigenvalue weighted by molar-refractivity contribution is 0.0754. The fourth-order valence-electron chi connectivity index (χ4n) is 3.55. The summed E-state index contributed by atoms with van der Waals surface area (Å²) in [4.78, 5) is 14.2. The Balaban J connectivity index is 1.99. The van der Waals surface area contributed by atoms with Gasteiger partial charge in [-0.25, -0.2) is 4.39 Å². The van der Waals surface area contributed by atoms with Crippen LogP contribution in [0.3, 0.4) is 0 Å². The number of carbonyl (C=O) groups excluding carboxylic acids is 1. The summed E-state index contributed by atoms with van der Waals surface area (Å²) in [5.74, 6) is -0.111. The van der Waals surface area contributed by atoms with Crippen LogP contribution in [0.2, 0.25) is 0 Å². The molecule has 3 aromatic rings. The molecule has 0 aliphatic heterocycles. The van der Waals surface area contributed by atoms with Gasteiger partial charge in [0, 0.05) is 41.8 Å². The second kappa shape index (κ2) is 7.95. The van der Waals surface area contributed by atoms with Crippen molar-refractivity contribution in [3.63, 3.8) is 0 Å². The van der Waals surface area contributed by atoms with Crippen LogP contribution < -0.4 is 0 Å². The smallest absolute Gasteiger partial charge is 0.253 e. The Morgan fingerprint density at radius 1 is 1.07 bits per heavy atom. The van der Waals surface area contributed by atoms with Crippen molar-refractivity contribution >= 4 is 16.8 Å². The Hall–Kier alpha value is -2.62. The Morgan fingerprint density at radius 3 is 2.41 bits per heavy atom. The predicted molar refractivity (Wildman–Crippen MR) is 109 cm³/mol. The van der Waals surface area contributed by atoms with Gasteiger partial charge in [0.25, 0.3) is 5.91 Å². The molecule has 0 saturated carbocycles. The van der Waals surface area contributed by atoms with Crippen molar-refractivity contribution in [2.24, 2.45) is 0 Å². The average molecular weight is 366 g/mol. The lowest BCUT2D eigenvalue weighted by Gasteiger charge is -2.19. The normalized spacial score (nSPS) is 11.1. The van der Waals surface area contributed by atoms with E-state index in [1.807, 2.05) is 25.1 Å². The first-order chi connectivity index (χ1) is 13.0. The Kier molecular flexibility index (Phi) is 5.64. The Labute approximate surface area is 160 Å². The van der Waals surface area contributed by atoms with E-state index in [0.717, 1.165) is 17.4 Å². The quantitative estimate of drug-likeness (QED) is 0.599. The van der Waals surface area contributed by atoms with Gasteiger partial charge in [-0.05, 0) is 57.0 Å². The second-order valence-corrected chi connectivity index (χ2v) is 7.09. The lowest BCUT2D eigenvalue weighted by atomic mass is 10.1. The van der Waals surface area contributed by atoms with Crippen LogP contribution >= 0.6 is 0 Å². The minimum Gasteiger partial charge on any atom is -0.340 e. The summed E-state index contributed by atoms with van der Waals surface area (Å²) in [6, 6.07) is 14.4. The topological polar surface area (TPSA) is 25.2 Å². The van der Waals surface area contributed by atoms with Crippen molar-refractivity contribution in [2.45, 2.75) is 34.2 Å². The molecule has 0 atom stereocenters. The number of carbonyl (C=O) groups is 1. The monoisotopic (exact) mass is 366 g/mol. The first-order valence-electron chi connectivity index (χ1n) is 9.46. The third-order valence-corrected chi connectivity index (χ3v) is 5.37. The molecular formula is C23H27FN2O. The molecule has 1 aromatic heterocycles. The van der Waals surface area contributed by atoms with Gasteiger partial charge in [0.15, 0.2) is 0 Å². The van der Waals surface area contributed by atoms with E-state index >= 15 is 0 Å². The molecule has 0 radical (unpaired) electrons. The number of alkyl halides is 1. The molecule has 1 amide bonds. The van der Waals surface area contributed by atoms with Crippen LogP contribution in [0.15, 0.2) is 42.5 Å². The van der Waals surface area contributed by atoms with E-state index in [1.54, 1.807) is 4.90 Å². The number of amides is 1. The SMILES string of the molecule is CCN(CCF)C(=O)c1ccc2c(c1)c(C)c(C)n2Cc1ccc(C)cc1. The minimum atomic E-state index is -0.521. The number of halogens is 1. The van der Waals surface area contributed by atoms with Crippen molar-refractivity contribution < 1.29 is 9.18 Å². The molecule has 2 aromatic carbocycles. The molecule has 27 heavy (non-hydrogen) atoms. The number of benzene rings is 2. The third-order valence-electron chi connectivity index (χ3n) is 5.37. The van der Waals surface area contributed by atoms with Gasteiger partial charge in [-0.3, -0.25) is 4.79 Å². The van der Waals surface area contributed by atoms with Crippen molar-refractivity contribution in [1.29, 1.82) is 0 Å². The van der Waals surface area contributed by atoms with Crippen molar-refractivity contribution in [3.8, 4) is 0 Å². The highest BCUT2D eigenvalue weighted by Gasteiger charge is 2.17. The molecule has 0 spiro atoms.